The summed E-state index contributed by atoms with van der Waals surface area (Å²) in [7, 11) is 0. The fraction of sp³-hybridized carbons (Fsp3) is 0.400. The van der Waals surface area contributed by atoms with E-state index in [0.29, 0.717) is 11.8 Å². The van der Waals surface area contributed by atoms with E-state index >= 15 is 0 Å². The van der Waals surface area contributed by atoms with Gasteiger partial charge in [0.15, 0.2) is 0 Å². The summed E-state index contributed by atoms with van der Waals surface area (Å²) >= 11 is 0. The van der Waals surface area contributed by atoms with Gasteiger partial charge in [-0.3, -0.25) is 0 Å². The molecule has 0 radical (unpaired) electrons. The monoisotopic (exact) mass is 156 g/mol. The van der Waals surface area contributed by atoms with Gasteiger partial charge in [0.2, 0.25) is 0 Å². The van der Waals surface area contributed by atoms with Crippen molar-refractivity contribution in [3.8, 4) is 12.1 Å². The van der Waals surface area contributed by atoms with Crippen LogP contribution in [0.4, 0.5) is 0 Å². The molecule has 0 aromatic rings. The maximum absolute atomic E-state index is 8.64. The van der Waals surface area contributed by atoms with Crippen LogP contribution in [-0.4, -0.2) is 0 Å². The second kappa shape index (κ2) is 2.50. The van der Waals surface area contributed by atoms with Crippen LogP contribution in [0.5, 0.6) is 0 Å². The lowest BCUT2D eigenvalue weighted by molar-refractivity contribution is 0.520. The van der Waals surface area contributed by atoms with Crippen molar-refractivity contribution in [1.82, 2.24) is 0 Å². The normalized spacial score (nSPS) is 31.5. The Kier molecular flexibility index (Phi) is 1.48. The number of nitrogens with zero attached hydrogens (tertiary/aromatic N) is 2. The van der Waals surface area contributed by atoms with Crippen molar-refractivity contribution in [2.75, 3.05) is 0 Å². The van der Waals surface area contributed by atoms with Gasteiger partial charge in [-0.05, 0) is 18.8 Å². The highest BCUT2D eigenvalue weighted by atomic mass is 14.4. The zero-order valence-electron chi connectivity index (χ0n) is 6.62. The minimum Gasteiger partial charge on any atom is -0.193 e. The fourth-order valence-electron chi connectivity index (χ4n) is 2.00. The Morgan fingerprint density at radius 3 is 1.92 bits per heavy atom. The Morgan fingerprint density at radius 2 is 1.58 bits per heavy atom. The molecule has 0 N–H and O–H groups in total. The molecule has 0 spiro atoms. The third kappa shape index (κ3) is 0.933. The maximum atomic E-state index is 8.64. The molecular weight excluding hydrogens is 148 g/mol. The van der Waals surface area contributed by atoms with Crippen LogP contribution in [0.25, 0.3) is 0 Å². The molecule has 0 aliphatic heterocycles. The Hall–Kier alpha value is -1.54. The number of hydrogen-bond donors (Lipinski definition) is 0. The highest BCUT2D eigenvalue weighted by molar-refractivity contribution is 5.38. The zero-order valence-corrected chi connectivity index (χ0v) is 6.62. The van der Waals surface area contributed by atoms with E-state index in [4.69, 9.17) is 10.5 Å². The van der Waals surface area contributed by atoms with Gasteiger partial charge < -0.3 is 0 Å². The predicted molar refractivity (Wildman–Crippen MR) is 43.6 cm³/mol. The molecule has 0 saturated heterocycles. The first-order valence-electron chi connectivity index (χ1n) is 4.05. The summed E-state index contributed by atoms with van der Waals surface area (Å²) in [5.74, 6) is 0.878. The molecule has 0 atom stereocenters. The van der Waals surface area contributed by atoms with Crippen LogP contribution in [0.15, 0.2) is 23.3 Å². The standard InChI is InChI=1S/C10H8N2/c11-5-7-1-9-3-8(6-12)4-10(9)2-7/h1,3,9-10H,2,4H2. The Morgan fingerprint density at radius 1 is 1.08 bits per heavy atom. The maximum Gasteiger partial charge on any atom is 0.0944 e. The van der Waals surface area contributed by atoms with Gasteiger partial charge in [0, 0.05) is 17.1 Å². The van der Waals surface area contributed by atoms with Crippen LogP contribution in [0.2, 0.25) is 0 Å². The van der Waals surface area contributed by atoms with E-state index in [1.165, 1.54) is 0 Å². The third-order valence-electron chi connectivity index (χ3n) is 2.58. The summed E-state index contributed by atoms with van der Waals surface area (Å²) in [5, 5.41) is 17.3. The molecule has 0 bridgehead atoms. The highest BCUT2D eigenvalue weighted by Crippen LogP contribution is 2.41. The Labute approximate surface area is 71.4 Å². The average molecular weight is 156 g/mol. The summed E-state index contributed by atoms with van der Waals surface area (Å²) in [6.45, 7) is 0. The van der Waals surface area contributed by atoms with Crippen molar-refractivity contribution in [3.05, 3.63) is 23.3 Å². The number of allylic oxidation sites excluding steroid dienone is 4. The molecular formula is C10H8N2. The van der Waals surface area contributed by atoms with Gasteiger partial charge in [-0.2, -0.15) is 10.5 Å². The summed E-state index contributed by atoms with van der Waals surface area (Å²) in [6, 6.07) is 4.35. The summed E-state index contributed by atoms with van der Waals surface area (Å²) < 4.78 is 0. The minimum atomic E-state index is 0.370. The summed E-state index contributed by atoms with van der Waals surface area (Å²) in [4.78, 5) is 0. The fourth-order valence-corrected chi connectivity index (χ4v) is 2.00. The van der Waals surface area contributed by atoms with Crippen molar-refractivity contribution in [3.63, 3.8) is 0 Å². The summed E-state index contributed by atoms with van der Waals surface area (Å²) in [6.07, 6.45) is 5.72. The number of rotatable bonds is 0. The van der Waals surface area contributed by atoms with Crippen LogP contribution in [-0.2, 0) is 0 Å². The summed E-state index contributed by atoms with van der Waals surface area (Å²) in [5.41, 5.74) is 1.77. The van der Waals surface area contributed by atoms with Crippen molar-refractivity contribution >= 4 is 0 Å². The molecule has 0 aromatic heterocycles. The zero-order chi connectivity index (χ0) is 8.55. The lowest BCUT2D eigenvalue weighted by atomic mass is 9.98. The molecule has 0 aromatic carbocycles. The molecule has 0 unspecified atom stereocenters. The van der Waals surface area contributed by atoms with Gasteiger partial charge in [-0.1, -0.05) is 12.2 Å². The second-order valence-electron chi connectivity index (χ2n) is 3.35. The van der Waals surface area contributed by atoms with E-state index < -0.39 is 0 Å². The van der Waals surface area contributed by atoms with Crippen LogP contribution < -0.4 is 0 Å². The lowest BCUT2D eigenvalue weighted by Crippen LogP contribution is -1.98. The molecule has 2 heteroatoms. The minimum absolute atomic E-state index is 0.370. The van der Waals surface area contributed by atoms with Crippen LogP contribution in [0.1, 0.15) is 12.8 Å². The Balaban J connectivity index is 2.22. The number of hydrogen-bond acceptors (Lipinski definition) is 2. The van der Waals surface area contributed by atoms with E-state index in [9.17, 15) is 0 Å². The van der Waals surface area contributed by atoms with Crippen LogP contribution in [0.3, 0.4) is 0 Å². The SMILES string of the molecule is N#CC1=CC2C=C(C#N)CC2C1. The molecule has 12 heavy (non-hydrogen) atoms. The Bertz CT molecular complexity index is 315. The van der Waals surface area contributed by atoms with E-state index in [-0.39, 0.29) is 0 Å². The highest BCUT2D eigenvalue weighted by Gasteiger charge is 2.31. The van der Waals surface area contributed by atoms with Crippen molar-refractivity contribution < 1.29 is 0 Å². The smallest absolute Gasteiger partial charge is 0.0944 e. The van der Waals surface area contributed by atoms with E-state index in [1.807, 2.05) is 12.2 Å². The van der Waals surface area contributed by atoms with Crippen molar-refractivity contribution in [1.29, 1.82) is 10.5 Å². The van der Waals surface area contributed by atoms with Crippen LogP contribution >= 0.6 is 0 Å². The van der Waals surface area contributed by atoms with Gasteiger partial charge in [0.05, 0.1) is 12.1 Å². The lowest BCUT2D eigenvalue weighted by Gasteiger charge is -2.05. The van der Waals surface area contributed by atoms with Gasteiger partial charge in [-0.15, -0.1) is 0 Å². The first kappa shape index (κ1) is 7.13. The van der Waals surface area contributed by atoms with Gasteiger partial charge in [0.25, 0.3) is 0 Å². The first-order chi connectivity index (χ1) is 5.83. The second-order valence-corrected chi connectivity index (χ2v) is 3.35. The number of fused-ring (bicyclic) bond motifs is 1. The predicted octanol–water partition coefficient (Wildman–Crippen LogP) is 1.93. The largest absolute Gasteiger partial charge is 0.193 e. The topological polar surface area (TPSA) is 47.6 Å². The molecule has 2 aliphatic rings. The van der Waals surface area contributed by atoms with Gasteiger partial charge in [-0.25, -0.2) is 0 Å². The quantitative estimate of drug-likeness (QED) is 0.538. The van der Waals surface area contributed by atoms with Gasteiger partial charge >= 0.3 is 0 Å². The molecule has 2 aliphatic carbocycles. The first-order valence-corrected chi connectivity index (χ1v) is 4.05. The average Bonchev–Trinajstić information content (AvgIpc) is 2.59. The molecule has 0 fully saturated rings. The third-order valence-corrected chi connectivity index (χ3v) is 2.58. The van der Waals surface area contributed by atoms with Crippen molar-refractivity contribution in [2.24, 2.45) is 11.8 Å². The molecule has 2 nitrogen and oxygen atoms in total. The molecule has 2 rings (SSSR count). The van der Waals surface area contributed by atoms with Crippen molar-refractivity contribution in [2.45, 2.75) is 12.8 Å². The molecule has 58 valence electrons. The van der Waals surface area contributed by atoms with Crippen LogP contribution in [0, 0.1) is 34.5 Å². The molecule has 0 amide bonds. The van der Waals surface area contributed by atoms with E-state index in [1.54, 1.807) is 0 Å². The molecule has 0 heterocycles. The van der Waals surface area contributed by atoms with E-state index in [0.717, 1.165) is 24.0 Å². The van der Waals surface area contributed by atoms with Gasteiger partial charge in [0.1, 0.15) is 0 Å². The molecule has 0 saturated carbocycles. The van der Waals surface area contributed by atoms with E-state index in [2.05, 4.69) is 12.1 Å². The number of nitriles is 2.